The first kappa shape index (κ1) is 17.3. The number of aromatic nitrogens is 5. The zero-order valence-electron chi connectivity index (χ0n) is 15.7. The van der Waals surface area contributed by atoms with Crippen LogP contribution < -0.4 is 4.90 Å². The summed E-state index contributed by atoms with van der Waals surface area (Å²) in [6, 6.07) is 2.39. The summed E-state index contributed by atoms with van der Waals surface area (Å²) in [5, 5.41) is 5.76. The molecular weight excluding hydrogens is 344 g/mol. The highest BCUT2D eigenvalue weighted by Crippen LogP contribution is 2.32. The molecule has 1 atom stereocenters. The van der Waals surface area contributed by atoms with Crippen LogP contribution in [0.2, 0.25) is 0 Å². The third-order valence-corrected chi connectivity index (χ3v) is 6.09. The minimum Gasteiger partial charge on any atom is -0.348 e. The number of piperidine rings is 1. The zero-order chi connectivity index (χ0) is 18.1. The molecule has 3 aromatic heterocycles. The molecule has 3 aromatic rings. The molecule has 1 unspecified atom stereocenters. The lowest BCUT2D eigenvalue weighted by atomic mass is 10.1. The van der Waals surface area contributed by atoms with Gasteiger partial charge in [0.1, 0.15) is 0 Å². The molecule has 0 N–H and O–H groups in total. The quantitative estimate of drug-likeness (QED) is 0.679. The molecule has 1 fully saturated rings. The van der Waals surface area contributed by atoms with Crippen LogP contribution in [-0.4, -0.2) is 37.4 Å². The highest BCUT2D eigenvalue weighted by atomic mass is 32.1. The Labute approximate surface area is 158 Å². The van der Waals surface area contributed by atoms with E-state index >= 15 is 0 Å². The van der Waals surface area contributed by atoms with Gasteiger partial charge in [-0.05, 0) is 46.1 Å². The molecule has 6 nitrogen and oxygen atoms in total. The van der Waals surface area contributed by atoms with E-state index in [0.717, 1.165) is 36.2 Å². The molecule has 0 amide bonds. The van der Waals surface area contributed by atoms with Gasteiger partial charge in [-0.1, -0.05) is 11.3 Å². The lowest BCUT2D eigenvalue weighted by Gasteiger charge is -2.25. The average Bonchev–Trinajstić information content (AvgIpc) is 3.35. The molecule has 0 radical (unpaired) electrons. The van der Waals surface area contributed by atoms with Crippen molar-refractivity contribution in [3.05, 3.63) is 36.2 Å². The molecule has 0 saturated carbocycles. The molecule has 4 heterocycles. The van der Waals surface area contributed by atoms with E-state index in [0.29, 0.717) is 0 Å². The average molecular weight is 371 g/mol. The van der Waals surface area contributed by atoms with Crippen LogP contribution in [0.3, 0.4) is 0 Å². The molecule has 1 aliphatic heterocycles. The molecule has 7 heteroatoms. The normalized spacial score (nSPS) is 16.2. The van der Waals surface area contributed by atoms with Gasteiger partial charge in [-0.25, -0.2) is 9.97 Å². The van der Waals surface area contributed by atoms with Crippen molar-refractivity contribution in [2.45, 2.75) is 52.6 Å². The van der Waals surface area contributed by atoms with Gasteiger partial charge in [0, 0.05) is 31.5 Å². The summed E-state index contributed by atoms with van der Waals surface area (Å²) in [6.07, 6.45) is 9.74. The second kappa shape index (κ2) is 7.23. The first-order valence-corrected chi connectivity index (χ1v) is 10.2. The SMILES string of the molecule is Cc1cc(C)n(C(C)Cn2cncc2-c2cnc(N3CCCCC3)s2)n1. The van der Waals surface area contributed by atoms with Gasteiger partial charge in [0.2, 0.25) is 0 Å². The summed E-state index contributed by atoms with van der Waals surface area (Å²) in [5.74, 6) is 0. The van der Waals surface area contributed by atoms with E-state index in [1.54, 1.807) is 11.3 Å². The molecule has 1 saturated heterocycles. The van der Waals surface area contributed by atoms with Crippen LogP contribution in [0.15, 0.2) is 24.8 Å². The minimum atomic E-state index is 0.270. The lowest BCUT2D eigenvalue weighted by molar-refractivity contribution is 0.418. The lowest BCUT2D eigenvalue weighted by Crippen LogP contribution is -2.29. The number of hydrogen-bond acceptors (Lipinski definition) is 5. The molecule has 26 heavy (non-hydrogen) atoms. The first-order valence-electron chi connectivity index (χ1n) is 9.36. The second-order valence-electron chi connectivity index (χ2n) is 7.21. The number of imidazole rings is 1. The van der Waals surface area contributed by atoms with Crippen LogP contribution >= 0.6 is 11.3 Å². The fourth-order valence-electron chi connectivity index (χ4n) is 3.74. The molecule has 0 spiro atoms. The molecule has 4 rings (SSSR count). The summed E-state index contributed by atoms with van der Waals surface area (Å²) in [4.78, 5) is 12.7. The van der Waals surface area contributed by atoms with Crippen LogP contribution in [0.4, 0.5) is 5.13 Å². The highest BCUT2D eigenvalue weighted by molar-refractivity contribution is 7.18. The summed E-state index contributed by atoms with van der Waals surface area (Å²) in [6.45, 7) is 9.45. The van der Waals surface area contributed by atoms with Crippen molar-refractivity contribution >= 4 is 16.5 Å². The van der Waals surface area contributed by atoms with Gasteiger partial charge in [0.15, 0.2) is 5.13 Å². The molecule has 0 bridgehead atoms. The predicted molar refractivity (Wildman–Crippen MR) is 106 cm³/mol. The maximum absolute atomic E-state index is 4.68. The van der Waals surface area contributed by atoms with Crippen molar-refractivity contribution in [1.82, 2.24) is 24.3 Å². The molecule has 0 aliphatic carbocycles. The summed E-state index contributed by atoms with van der Waals surface area (Å²) in [7, 11) is 0. The maximum Gasteiger partial charge on any atom is 0.185 e. The smallest absolute Gasteiger partial charge is 0.185 e. The van der Waals surface area contributed by atoms with E-state index in [9.17, 15) is 0 Å². The standard InChI is InChI=1S/C19H26N6S/c1-14-9-15(2)25(22-14)16(3)12-24-13-20-10-17(24)18-11-21-19(26-18)23-7-5-4-6-8-23/h9-11,13,16H,4-8,12H2,1-3H3. The number of nitrogens with zero attached hydrogens (tertiary/aromatic N) is 6. The van der Waals surface area contributed by atoms with Gasteiger partial charge < -0.3 is 9.47 Å². The fraction of sp³-hybridized carbons (Fsp3) is 0.526. The number of aryl methyl sites for hydroxylation is 2. The van der Waals surface area contributed by atoms with Crippen LogP contribution in [0.5, 0.6) is 0 Å². The van der Waals surface area contributed by atoms with Gasteiger partial charge in [-0.3, -0.25) is 4.68 Å². The first-order chi connectivity index (χ1) is 12.6. The van der Waals surface area contributed by atoms with Crippen molar-refractivity contribution in [2.24, 2.45) is 0 Å². The van der Waals surface area contributed by atoms with Crippen LogP contribution in [0, 0.1) is 13.8 Å². The van der Waals surface area contributed by atoms with Crippen LogP contribution in [0.25, 0.3) is 10.6 Å². The number of thiazole rings is 1. The molecular formula is C19H26N6S. The Morgan fingerprint density at radius 1 is 1.15 bits per heavy atom. The number of rotatable bonds is 5. The Kier molecular flexibility index (Phi) is 4.80. The second-order valence-corrected chi connectivity index (χ2v) is 8.22. The van der Waals surface area contributed by atoms with Crippen molar-refractivity contribution in [2.75, 3.05) is 18.0 Å². The number of hydrogen-bond donors (Lipinski definition) is 0. The fourth-order valence-corrected chi connectivity index (χ4v) is 4.73. The van der Waals surface area contributed by atoms with Gasteiger partial charge >= 0.3 is 0 Å². The number of anilines is 1. The summed E-state index contributed by atoms with van der Waals surface area (Å²) >= 11 is 1.77. The Balaban J connectivity index is 1.53. The van der Waals surface area contributed by atoms with Gasteiger partial charge in [-0.2, -0.15) is 5.10 Å². The zero-order valence-corrected chi connectivity index (χ0v) is 16.5. The van der Waals surface area contributed by atoms with Gasteiger partial charge in [0.25, 0.3) is 0 Å². The van der Waals surface area contributed by atoms with E-state index < -0.39 is 0 Å². The van der Waals surface area contributed by atoms with Crippen LogP contribution in [-0.2, 0) is 6.54 Å². The van der Waals surface area contributed by atoms with E-state index in [-0.39, 0.29) is 6.04 Å². The van der Waals surface area contributed by atoms with E-state index in [2.05, 4.69) is 49.1 Å². The Hall–Kier alpha value is -2.15. The van der Waals surface area contributed by atoms with E-state index in [1.807, 2.05) is 25.6 Å². The third kappa shape index (κ3) is 3.40. The Morgan fingerprint density at radius 2 is 1.96 bits per heavy atom. The maximum atomic E-state index is 4.68. The summed E-state index contributed by atoms with van der Waals surface area (Å²) in [5.41, 5.74) is 3.40. The van der Waals surface area contributed by atoms with Crippen molar-refractivity contribution in [3.8, 4) is 10.6 Å². The Bertz CT molecular complexity index is 870. The van der Waals surface area contributed by atoms with Crippen LogP contribution in [0.1, 0.15) is 43.6 Å². The van der Waals surface area contributed by atoms with Gasteiger partial charge in [0.05, 0.1) is 34.8 Å². The third-order valence-electron chi connectivity index (χ3n) is 5.01. The largest absolute Gasteiger partial charge is 0.348 e. The highest BCUT2D eigenvalue weighted by Gasteiger charge is 2.18. The Morgan fingerprint density at radius 3 is 2.69 bits per heavy atom. The van der Waals surface area contributed by atoms with Crippen molar-refractivity contribution in [1.29, 1.82) is 0 Å². The predicted octanol–water partition coefficient (Wildman–Crippen LogP) is 4.07. The summed E-state index contributed by atoms with van der Waals surface area (Å²) < 4.78 is 4.32. The monoisotopic (exact) mass is 370 g/mol. The van der Waals surface area contributed by atoms with Gasteiger partial charge in [-0.15, -0.1) is 0 Å². The molecule has 1 aliphatic rings. The van der Waals surface area contributed by atoms with E-state index in [1.165, 1.54) is 29.8 Å². The van der Waals surface area contributed by atoms with Crippen molar-refractivity contribution < 1.29 is 0 Å². The topological polar surface area (TPSA) is 51.8 Å². The van der Waals surface area contributed by atoms with Crippen molar-refractivity contribution in [3.63, 3.8) is 0 Å². The molecule has 138 valence electrons. The van der Waals surface area contributed by atoms with E-state index in [4.69, 9.17) is 0 Å². The minimum absolute atomic E-state index is 0.270. The molecule has 0 aromatic carbocycles.